The SMILES string of the molecule is CC/C=C\C/C=C\C/C=C\C/C=C\CCCCCCCCCCCCCCC(=O)OCC(COC(=O)CCCCCCC/C=C\CCCC)OC(=O)CCCCCCCCCCCCCCCCCCCCC. The first kappa shape index (κ1) is 70.1. The molecule has 73 heavy (non-hydrogen) atoms. The van der Waals surface area contributed by atoms with Crippen LogP contribution < -0.4 is 0 Å². The van der Waals surface area contributed by atoms with Crippen LogP contribution in [0.4, 0.5) is 0 Å². The molecule has 0 aliphatic heterocycles. The van der Waals surface area contributed by atoms with Gasteiger partial charge in [0.2, 0.25) is 0 Å². The van der Waals surface area contributed by atoms with Crippen LogP contribution in [0.25, 0.3) is 0 Å². The van der Waals surface area contributed by atoms with Crippen LogP contribution in [0.3, 0.4) is 0 Å². The van der Waals surface area contributed by atoms with Gasteiger partial charge in [0, 0.05) is 19.3 Å². The number of carbonyl (C=O) groups is 3. The number of allylic oxidation sites excluding steroid dienone is 10. The fourth-order valence-corrected chi connectivity index (χ4v) is 9.24. The molecule has 6 heteroatoms. The van der Waals surface area contributed by atoms with E-state index in [0.717, 1.165) is 89.9 Å². The van der Waals surface area contributed by atoms with Crippen LogP contribution in [-0.2, 0) is 28.6 Å². The van der Waals surface area contributed by atoms with Gasteiger partial charge in [-0.05, 0) is 77.0 Å². The van der Waals surface area contributed by atoms with E-state index in [-0.39, 0.29) is 31.1 Å². The maximum Gasteiger partial charge on any atom is 0.306 e. The number of unbranched alkanes of at least 4 members (excludes halogenated alkanes) is 37. The average molecular weight is 1020 g/mol. The minimum Gasteiger partial charge on any atom is -0.462 e. The van der Waals surface area contributed by atoms with Crippen molar-refractivity contribution in [2.75, 3.05) is 13.2 Å². The summed E-state index contributed by atoms with van der Waals surface area (Å²) in [6, 6.07) is 0. The van der Waals surface area contributed by atoms with Gasteiger partial charge in [-0.25, -0.2) is 0 Å². The molecule has 0 bridgehead atoms. The Hall–Kier alpha value is -2.89. The van der Waals surface area contributed by atoms with E-state index in [4.69, 9.17) is 14.2 Å². The Morgan fingerprint density at radius 1 is 0.288 bits per heavy atom. The maximum absolute atomic E-state index is 12.9. The van der Waals surface area contributed by atoms with Gasteiger partial charge in [0.05, 0.1) is 0 Å². The first-order valence-electron chi connectivity index (χ1n) is 31.8. The fraction of sp³-hybridized carbons (Fsp3) is 0.806. The Kier molecular flexibility index (Phi) is 59.2. The lowest BCUT2D eigenvalue weighted by Gasteiger charge is -2.18. The van der Waals surface area contributed by atoms with Crippen molar-refractivity contribution in [3.05, 3.63) is 60.8 Å². The molecule has 0 aromatic rings. The van der Waals surface area contributed by atoms with E-state index in [9.17, 15) is 14.4 Å². The van der Waals surface area contributed by atoms with Crippen LogP contribution in [0.5, 0.6) is 0 Å². The topological polar surface area (TPSA) is 78.9 Å². The van der Waals surface area contributed by atoms with Crippen molar-refractivity contribution in [3.8, 4) is 0 Å². The number of carbonyl (C=O) groups excluding carboxylic acids is 3. The van der Waals surface area contributed by atoms with Gasteiger partial charge in [-0.1, -0.05) is 293 Å². The van der Waals surface area contributed by atoms with Crippen LogP contribution in [-0.4, -0.2) is 37.2 Å². The van der Waals surface area contributed by atoms with Crippen molar-refractivity contribution in [2.45, 2.75) is 335 Å². The van der Waals surface area contributed by atoms with Crippen LogP contribution in [0.1, 0.15) is 329 Å². The summed E-state index contributed by atoms with van der Waals surface area (Å²) in [6.07, 6.45) is 78.0. The third kappa shape index (κ3) is 59.9. The zero-order valence-corrected chi connectivity index (χ0v) is 48.7. The second-order valence-corrected chi connectivity index (χ2v) is 21.3. The smallest absolute Gasteiger partial charge is 0.306 e. The molecule has 6 nitrogen and oxygen atoms in total. The predicted octanol–water partition coefficient (Wildman–Crippen LogP) is 21.6. The zero-order chi connectivity index (χ0) is 52.9. The van der Waals surface area contributed by atoms with E-state index >= 15 is 0 Å². The highest BCUT2D eigenvalue weighted by Gasteiger charge is 2.19. The summed E-state index contributed by atoms with van der Waals surface area (Å²) < 4.78 is 16.9. The van der Waals surface area contributed by atoms with E-state index < -0.39 is 6.10 Å². The van der Waals surface area contributed by atoms with Crippen molar-refractivity contribution >= 4 is 17.9 Å². The van der Waals surface area contributed by atoms with E-state index in [0.29, 0.717) is 19.3 Å². The summed E-state index contributed by atoms with van der Waals surface area (Å²) in [5.74, 6) is -0.868. The lowest BCUT2D eigenvalue weighted by molar-refractivity contribution is -0.167. The molecular formula is C67H120O6. The number of ether oxygens (including phenoxy) is 3. The van der Waals surface area contributed by atoms with Crippen molar-refractivity contribution in [3.63, 3.8) is 0 Å². The molecule has 0 N–H and O–H groups in total. The molecule has 0 amide bonds. The van der Waals surface area contributed by atoms with E-state index in [1.165, 1.54) is 199 Å². The van der Waals surface area contributed by atoms with E-state index in [1.54, 1.807) is 0 Å². The van der Waals surface area contributed by atoms with Gasteiger partial charge < -0.3 is 14.2 Å². The summed E-state index contributed by atoms with van der Waals surface area (Å²) in [5.41, 5.74) is 0. The molecule has 0 aromatic heterocycles. The van der Waals surface area contributed by atoms with Crippen LogP contribution in [0.2, 0.25) is 0 Å². The summed E-state index contributed by atoms with van der Waals surface area (Å²) in [5, 5.41) is 0. The molecule has 0 heterocycles. The van der Waals surface area contributed by atoms with Crippen molar-refractivity contribution in [1.29, 1.82) is 0 Å². The minimum atomic E-state index is -0.776. The molecule has 0 aliphatic carbocycles. The molecule has 0 fully saturated rings. The first-order valence-corrected chi connectivity index (χ1v) is 31.8. The maximum atomic E-state index is 12.9. The monoisotopic (exact) mass is 1020 g/mol. The lowest BCUT2D eigenvalue weighted by atomic mass is 10.0. The molecule has 0 radical (unpaired) electrons. The Morgan fingerprint density at radius 2 is 0.548 bits per heavy atom. The fourth-order valence-electron chi connectivity index (χ4n) is 9.24. The Morgan fingerprint density at radius 3 is 0.890 bits per heavy atom. The molecule has 0 spiro atoms. The third-order valence-electron chi connectivity index (χ3n) is 14.0. The van der Waals surface area contributed by atoms with Gasteiger partial charge >= 0.3 is 17.9 Å². The largest absolute Gasteiger partial charge is 0.462 e. The molecule has 0 aromatic carbocycles. The van der Waals surface area contributed by atoms with Crippen molar-refractivity contribution in [1.82, 2.24) is 0 Å². The molecule has 0 saturated carbocycles. The Balaban J connectivity index is 4.23. The van der Waals surface area contributed by atoms with Gasteiger partial charge in [0.15, 0.2) is 6.10 Å². The number of esters is 3. The van der Waals surface area contributed by atoms with E-state index in [1.807, 2.05) is 0 Å². The third-order valence-corrected chi connectivity index (χ3v) is 14.0. The zero-order valence-electron chi connectivity index (χ0n) is 48.7. The van der Waals surface area contributed by atoms with Gasteiger partial charge in [0.1, 0.15) is 13.2 Å². The van der Waals surface area contributed by atoms with Gasteiger partial charge in [0.25, 0.3) is 0 Å². The molecule has 424 valence electrons. The highest BCUT2D eigenvalue weighted by Crippen LogP contribution is 2.17. The predicted molar refractivity (Wildman–Crippen MR) is 316 cm³/mol. The Bertz CT molecular complexity index is 1310. The van der Waals surface area contributed by atoms with Crippen LogP contribution >= 0.6 is 0 Å². The molecular weight excluding hydrogens is 901 g/mol. The second-order valence-electron chi connectivity index (χ2n) is 21.3. The Labute approximate surface area is 453 Å². The number of rotatable bonds is 58. The second kappa shape index (κ2) is 61.7. The molecule has 1 unspecified atom stereocenters. The molecule has 0 saturated heterocycles. The highest BCUT2D eigenvalue weighted by atomic mass is 16.6. The van der Waals surface area contributed by atoms with Crippen molar-refractivity contribution in [2.24, 2.45) is 0 Å². The molecule has 1 atom stereocenters. The number of hydrogen-bond donors (Lipinski definition) is 0. The summed E-state index contributed by atoms with van der Waals surface area (Å²) in [7, 11) is 0. The van der Waals surface area contributed by atoms with Crippen LogP contribution in [0.15, 0.2) is 60.8 Å². The van der Waals surface area contributed by atoms with Gasteiger partial charge in [-0.3, -0.25) is 14.4 Å². The summed E-state index contributed by atoms with van der Waals surface area (Å²) in [6.45, 7) is 6.53. The summed E-state index contributed by atoms with van der Waals surface area (Å²) in [4.78, 5) is 38.2. The average Bonchev–Trinajstić information content (AvgIpc) is 3.39. The molecule has 0 aliphatic rings. The minimum absolute atomic E-state index is 0.0742. The van der Waals surface area contributed by atoms with Crippen molar-refractivity contribution < 1.29 is 28.6 Å². The quantitative estimate of drug-likeness (QED) is 0.0261. The molecule has 0 rings (SSSR count). The normalized spacial score (nSPS) is 12.4. The van der Waals surface area contributed by atoms with Crippen LogP contribution in [0, 0.1) is 0 Å². The summed E-state index contributed by atoms with van der Waals surface area (Å²) >= 11 is 0. The van der Waals surface area contributed by atoms with Gasteiger partial charge in [-0.2, -0.15) is 0 Å². The lowest BCUT2D eigenvalue weighted by Crippen LogP contribution is -2.30. The van der Waals surface area contributed by atoms with Gasteiger partial charge in [-0.15, -0.1) is 0 Å². The highest BCUT2D eigenvalue weighted by molar-refractivity contribution is 5.71. The standard InChI is InChI=1S/C67H120O6/c1-4-7-10-13-16-19-22-24-26-28-30-31-32-33-34-35-37-38-40-42-45-48-51-54-57-60-66(69)72-63-64(62-71-65(68)59-56-53-50-47-44-21-18-15-12-9-6-3)73-67(70)61-58-55-52-49-46-43-41-39-36-29-27-25-23-20-17-14-11-8-5-2/h7,10,15-16,18-19,24,26,30-31,64H,4-6,8-9,11-14,17,20-23,25,27-29,32-63H2,1-3H3/b10-7-,18-15-,19-16-,26-24-,31-30-. The van der Waals surface area contributed by atoms with E-state index in [2.05, 4.69) is 81.5 Å². The number of hydrogen-bond acceptors (Lipinski definition) is 6. The first-order chi connectivity index (χ1) is 36.0.